The Morgan fingerprint density at radius 1 is 1.03 bits per heavy atom. The molecule has 0 spiro atoms. The molecule has 5 heteroatoms. The highest BCUT2D eigenvalue weighted by molar-refractivity contribution is 5.98. The van der Waals surface area contributed by atoms with Crippen molar-refractivity contribution in [3.8, 4) is 17.2 Å². The van der Waals surface area contributed by atoms with Crippen LogP contribution in [0.15, 0.2) is 53.7 Å². The quantitative estimate of drug-likeness (QED) is 0.264. The molecule has 30 heavy (non-hydrogen) atoms. The van der Waals surface area contributed by atoms with Gasteiger partial charge < -0.3 is 19.0 Å². The minimum Gasteiger partial charge on any atom is -0.493 e. The van der Waals surface area contributed by atoms with Crippen LogP contribution in [-0.4, -0.2) is 32.1 Å². The van der Waals surface area contributed by atoms with E-state index in [0.29, 0.717) is 13.2 Å². The number of hydrogen-bond donors (Lipinski definition) is 0. The summed E-state index contributed by atoms with van der Waals surface area (Å²) in [7, 11) is 1.54. The molecule has 0 N–H and O–H groups in total. The SMILES string of the molecule is C/C=C/COc1cc(C)c(OCCC(C)Oc2ccc(/C(C)=N/OC)cc2)c(C)c1. The van der Waals surface area contributed by atoms with Crippen molar-refractivity contribution in [1.29, 1.82) is 0 Å². The van der Waals surface area contributed by atoms with E-state index in [0.717, 1.165) is 46.1 Å². The van der Waals surface area contributed by atoms with Crippen LogP contribution >= 0.6 is 0 Å². The zero-order valence-electron chi connectivity index (χ0n) is 18.9. The normalized spacial score (nSPS) is 12.7. The molecule has 0 fully saturated rings. The molecule has 0 saturated heterocycles. The first kappa shape index (κ1) is 23.3. The monoisotopic (exact) mass is 411 g/mol. The van der Waals surface area contributed by atoms with E-state index in [9.17, 15) is 0 Å². The number of rotatable bonds is 11. The van der Waals surface area contributed by atoms with E-state index in [1.807, 2.05) is 83.2 Å². The Balaban J connectivity index is 1.85. The fourth-order valence-corrected chi connectivity index (χ4v) is 3.04. The zero-order chi connectivity index (χ0) is 21.9. The average Bonchev–Trinajstić information content (AvgIpc) is 2.71. The molecule has 0 aliphatic carbocycles. The minimum atomic E-state index is 0.0358. The topological polar surface area (TPSA) is 49.3 Å². The maximum atomic E-state index is 6.05. The lowest BCUT2D eigenvalue weighted by Crippen LogP contribution is -2.16. The predicted octanol–water partition coefficient (Wildman–Crippen LogP) is 5.87. The van der Waals surface area contributed by atoms with E-state index in [1.165, 1.54) is 0 Å². The van der Waals surface area contributed by atoms with Gasteiger partial charge >= 0.3 is 0 Å². The van der Waals surface area contributed by atoms with Crippen LogP contribution in [0.1, 0.15) is 43.9 Å². The van der Waals surface area contributed by atoms with Gasteiger partial charge in [0.05, 0.1) is 18.4 Å². The third kappa shape index (κ3) is 7.14. The highest BCUT2D eigenvalue weighted by Crippen LogP contribution is 2.29. The molecule has 0 aliphatic heterocycles. The van der Waals surface area contributed by atoms with E-state index in [1.54, 1.807) is 7.11 Å². The highest BCUT2D eigenvalue weighted by Gasteiger charge is 2.10. The molecule has 2 rings (SSSR count). The first-order chi connectivity index (χ1) is 14.4. The molecule has 0 amide bonds. The Morgan fingerprint density at radius 3 is 2.30 bits per heavy atom. The molecule has 2 aromatic rings. The van der Waals surface area contributed by atoms with Gasteiger partial charge in [-0.15, -0.1) is 0 Å². The summed E-state index contributed by atoms with van der Waals surface area (Å²) < 4.78 is 17.8. The highest BCUT2D eigenvalue weighted by atomic mass is 16.6. The molecular formula is C25H33NO4. The summed E-state index contributed by atoms with van der Waals surface area (Å²) in [4.78, 5) is 4.81. The Bertz CT molecular complexity index is 833. The van der Waals surface area contributed by atoms with Gasteiger partial charge in [0.1, 0.15) is 31.0 Å². The van der Waals surface area contributed by atoms with Crippen LogP contribution in [0.5, 0.6) is 17.2 Å². The molecule has 0 heterocycles. The van der Waals surface area contributed by atoms with Crippen LogP contribution in [0.4, 0.5) is 0 Å². The Hall–Kier alpha value is -2.95. The van der Waals surface area contributed by atoms with Crippen LogP contribution in [0.2, 0.25) is 0 Å². The lowest BCUT2D eigenvalue weighted by Gasteiger charge is -2.18. The zero-order valence-corrected chi connectivity index (χ0v) is 18.9. The molecular weight excluding hydrogens is 378 g/mol. The molecule has 162 valence electrons. The van der Waals surface area contributed by atoms with Crippen LogP contribution in [0.3, 0.4) is 0 Å². The number of nitrogens with zero attached hydrogens (tertiary/aromatic N) is 1. The van der Waals surface area contributed by atoms with Crippen molar-refractivity contribution in [3.63, 3.8) is 0 Å². The Kier molecular flexibility index (Phi) is 9.26. The number of ether oxygens (including phenoxy) is 3. The summed E-state index contributed by atoms with van der Waals surface area (Å²) in [6, 6.07) is 11.9. The number of allylic oxidation sites excluding steroid dienone is 1. The fraction of sp³-hybridized carbons (Fsp3) is 0.400. The first-order valence-corrected chi connectivity index (χ1v) is 10.3. The van der Waals surface area contributed by atoms with Crippen LogP contribution in [0.25, 0.3) is 0 Å². The van der Waals surface area contributed by atoms with E-state index in [2.05, 4.69) is 5.16 Å². The molecule has 0 saturated carbocycles. The summed E-state index contributed by atoms with van der Waals surface area (Å²) in [5.41, 5.74) is 3.98. The van der Waals surface area contributed by atoms with Crippen molar-refractivity contribution in [3.05, 3.63) is 65.2 Å². The van der Waals surface area contributed by atoms with Crippen molar-refractivity contribution < 1.29 is 19.0 Å². The molecule has 0 aromatic heterocycles. The first-order valence-electron chi connectivity index (χ1n) is 10.3. The van der Waals surface area contributed by atoms with E-state index >= 15 is 0 Å². The van der Waals surface area contributed by atoms with Crippen molar-refractivity contribution in [2.75, 3.05) is 20.3 Å². The minimum absolute atomic E-state index is 0.0358. The van der Waals surface area contributed by atoms with Crippen molar-refractivity contribution in [2.24, 2.45) is 5.16 Å². The lowest BCUT2D eigenvalue weighted by atomic mass is 10.1. The predicted molar refractivity (Wildman–Crippen MR) is 122 cm³/mol. The third-order valence-electron chi connectivity index (χ3n) is 4.62. The summed E-state index contributed by atoms with van der Waals surface area (Å²) >= 11 is 0. The van der Waals surface area contributed by atoms with E-state index in [4.69, 9.17) is 19.0 Å². The standard InChI is InChI=1S/C25H33NO4/c1-7-8-14-28-24-16-18(2)25(19(3)17-24)29-15-13-20(4)30-23-11-9-22(10-12-23)21(5)26-27-6/h7-12,16-17,20H,13-15H2,1-6H3/b8-7+,26-21+. The fourth-order valence-electron chi connectivity index (χ4n) is 3.04. The average molecular weight is 412 g/mol. The largest absolute Gasteiger partial charge is 0.493 e. The molecule has 1 unspecified atom stereocenters. The summed E-state index contributed by atoms with van der Waals surface area (Å²) in [5, 5.41) is 3.94. The van der Waals surface area contributed by atoms with Gasteiger partial charge in [-0.3, -0.25) is 0 Å². The molecule has 2 aromatic carbocycles. The second-order valence-electron chi connectivity index (χ2n) is 7.22. The van der Waals surface area contributed by atoms with Gasteiger partial charge in [0.25, 0.3) is 0 Å². The van der Waals surface area contributed by atoms with Gasteiger partial charge in [0, 0.05) is 6.42 Å². The molecule has 0 radical (unpaired) electrons. The van der Waals surface area contributed by atoms with Gasteiger partial charge in [0.2, 0.25) is 0 Å². The maximum absolute atomic E-state index is 6.05. The van der Waals surface area contributed by atoms with Gasteiger partial charge in [-0.1, -0.05) is 17.3 Å². The summed E-state index contributed by atoms with van der Waals surface area (Å²) in [6.45, 7) is 11.2. The number of aryl methyl sites for hydroxylation is 2. The number of hydrogen-bond acceptors (Lipinski definition) is 5. The molecule has 0 bridgehead atoms. The van der Waals surface area contributed by atoms with Gasteiger partial charge in [-0.05, 0) is 87.7 Å². The number of oxime groups is 1. The van der Waals surface area contributed by atoms with Crippen LogP contribution in [-0.2, 0) is 4.84 Å². The summed E-state index contributed by atoms with van der Waals surface area (Å²) in [5.74, 6) is 2.60. The molecule has 1 atom stereocenters. The van der Waals surface area contributed by atoms with E-state index < -0.39 is 0 Å². The van der Waals surface area contributed by atoms with E-state index in [-0.39, 0.29) is 6.10 Å². The van der Waals surface area contributed by atoms with Gasteiger partial charge in [-0.25, -0.2) is 0 Å². The van der Waals surface area contributed by atoms with Gasteiger partial charge in [0.15, 0.2) is 0 Å². The van der Waals surface area contributed by atoms with Crippen molar-refractivity contribution in [2.45, 2.75) is 47.1 Å². The molecule has 5 nitrogen and oxygen atoms in total. The lowest BCUT2D eigenvalue weighted by molar-refractivity contribution is 0.176. The number of benzene rings is 2. The second-order valence-corrected chi connectivity index (χ2v) is 7.22. The maximum Gasteiger partial charge on any atom is 0.125 e. The van der Waals surface area contributed by atoms with Crippen molar-refractivity contribution in [1.82, 2.24) is 0 Å². The van der Waals surface area contributed by atoms with Crippen LogP contribution in [0, 0.1) is 13.8 Å². The van der Waals surface area contributed by atoms with Gasteiger partial charge in [-0.2, -0.15) is 0 Å². The molecule has 0 aliphatic rings. The van der Waals surface area contributed by atoms with Crippen LogP contribution < -0.4 is 14.2 Å². The smallest absolute Gasteiger partial charge is 0.125 e. The Morgan fingerprint density at radius 2 is 1.70 bits per heavy atom. The summed E-state index contributed by atoms with van der Waals surface area (Å²) in [6.07, 6.45) is 4.78. The van der Waals surface area contributed by atoms with Crippen molar-refractivity contribution >= 4 is 5.71 Å². The Labute approximate surface area is 180 Å². The third-order valence-corrected chi connectivity index (χ3v) is 4.62. The second kappa shape index (κ2) is 11.9.